The molecule has 0 aromatic carbocycles. The Kier molecular flexibility index (Phi) is 3.85. The van der Waals surface area contributed by atoms with Gasteiger partial charge in [-0.25, -0.2) is 4.79 Å². The van der Waals surface area contributed by atoms with Crippen molar-refractivity contribution in [2.75, 3.05) is 13.2 Å². The second kappa shape index (κ2) is 4.93. The average molecular weight is 198 g/mol. The van der Waals surface area contributed by atoms with E-state index in [1.807, 2.05) is 13.0 Å². The molecule has 0 saturated heterocycles. The minimum atomic E-state index is -0.995. The summed E-state index contributed by atoms with van der Waals surface area (Å²) in [4.78, 5) is 11.4. The lowest BCUT2D eigenvalue weighted by molar-refractivity contribution is -0.142. The van der Waals surface area contributed by atoms with Crippen molar-refractivity contribution >= 4 is 5.97 Å². The van der Waals surface area contributed by atoms with E-state index in [2.05, 4.69) is 0 Å². The van der Waals surface area contributed by atoms with E-state index in [1.165, 1.54) is 0 Å². The monoisotopic (exact) mass is 198 g/mol. The Morgan fingerprint density at radius 3 is 2.86 bits per heavy atom. The van der Waals surface area contributed by atoms with Crippen LogP contribution < -0.4 is 0 Å². The number of aliphatic hydroxyl groups is 2. The van der Waals surface area contributed by atoms with Crippen molar-refractivity contribution in [3.8, 4) is 0 Å². The summed E-state index contributed by atoms with van der Waals surface area (Å²) in [7, 11) is 0. The number of allylic oxidation sites excluding steroid dienone is 2. The number of hydrogen-bond acceptors (Lipinski definition) is 4. The first kappa shape index (κ1) is 10.9. The van der Waals surface area contributed by atoms with Gasteiger partial charge in [0.05, 0.1) is 12.2 Å². The average Bonchev–Trinajstić information content (AvgIpc) is 2.60. The predicted molar refractivity (Wildman–Crippen MR) is 50.5 cm³/mol. The van der Waals surface area contributed by atoms with Gasteiger partial charge in [0.25, 0.3) is 0 Å². The Labute approximate surface area is 82.5 Å². The van der Waals surface area contributed by atoms with Gasteiger partial charge in [0.15, 0.2) is 0 Å². The summed E-state index contributed by atoms with van der Waals surface area (Å²) in [5, 5.41) is 17.5. The molecule has 0 heterocycles. The molecule has 0 bridgehead atoms. The van der Waals surface area contributed by atoms with Crippen LogP contribution >= 0.6 is 0 Å². The van der Waals surface area contributed by atoms with Crippen LogP contribution in [0.5, 0.6) is 0 Å². The van der Waals surface area contributed by atoms with Crippen LogP contribution in [0.15, 0.2) is 23.3 Å². The fraction of sp³-hybridized carbons (Fsp3) is 0.500. The molecule has 1 aliphatic rings. The van der Waals surface area contributed by atoms with E-state index in [0.717, 1.165) is 12.0 Å². The molecule has 0 radical (unpaired) electrons. The van der Waals surface area contributed by atoms with Crippen molar-refractivity contribution in [2.24, 2.45) is 0 Å². The van der Waals surface area contributed by atoms with Gasteiger partial charge in [-0.15, -0.1) is 0 Å². The third-order valence-electron chi connectivity index (χ3n) is 2.01. The van der Waals surface area contributed by atoms with E-state index in [0.29, 0.717) is 5.57 Å². The van der Waals surface area contributed by atoms with Crippen molar-refractivity contribution in [2.45, 2.75) is 19.4 Å². The highest BCUT2D eigenvalue weighted by atomic mass is 16.5. The summed E-state index contributed by atoms with van der Waals surface area (Å²) in [6, 6.07) is 0. The standard InChI is InChI=1S/C10H14O4/c1-7-3-2-4-9(7)10(13)14-6-8(12)5-11/h3-4,8,11-12H,2,5-6H2,1H3. The van der Waals surface area contributed by atoms with Gasteiger partial charge in [0.1, 0.15) is 12.7 Å². The topological polar surface area (TPSA) is 66.8 Å². The minimum Gasteiger partial charge on any atom is -0.459 e. The van der Waals surface area contributed by atoms with E-state index in [-0.39, 0.29) is 6.61 Å². The molecule has 1 unspecified atom stereocenters. The first-order valence-corrected chi connectivity index (χ1v) is 4.48. The van der Waals surface area contributed by atoms with E-state index in [4.69, 9.17) is 14.9 Å². The highest BCUT2D eigenvalue weighted by Crippen LogP contribution is 2.19. The van der Waals surface area contributed by atoms with Crippen LogP contribution in [-0.4, -0.2) is 35.5 Å². The zero-order chi connectivity index (χ0) is 10.6. The van der Waals surface area contributed by atoms with Crippen LogP contribution in [0.25, 0.3) is 0 Å². The molecule has 4 nitrogen and oxygen atoms in total. The van der Waals surface area contributed by atoms with Crippen LogP contribution in [-0.2, 0) is 9.53 Å². The Morgan fingerprint density at radius 1 is 1.64 bits per heavy atom. The van der Waals surface area contributed by atoms with E-state index < -0.39 is 18.7 Å². The van der Waals surface area contributed by atoms with Crippen molar-refractivity contribution in [1.82, 2.24) is 0 Å². The van der Waals surface area contributed by atoms with Gasteiger partial charge in [0, 0.05) is 0 Å². The summed E-state index contributed by atoms with van der Waals surface area (Å²) < 4.78 is 4.79. The van der Waals surface area contributed by atoms with E-state index in [9.17, 15) is 4.79 Å². The van der Waals surface area contributed by atoms with Crippen LogP contribution in [0.4, 0.5) is 0 Å². The molecule has 4 heteroatoms. The second-order valence-corrected chi connectivity index (χ2v) is 3.18. The lowest BCUT2D eigenvalue weighted by Gasteiger charge is -2.09. The van der Waals surface area contributed by atoms with Crippen LogP contribution in [0.1, 0.15) is 13.3 Å². The molecular weight excluding hydrogens is 184 g/mol. The molecule has 0 aromatic heterocycles. The summed E-state index contributed by atoms with van der Waals surface area (Å²) in [5.41, 5.74) is 1.45. The molecular formula is C10H14O4. The van der Waals surface area contributed by atoms with E-state index in [1.54, 1.807) is 6.08 Å². The summed E-state index contributed by atoms with van der Waals surface area (Å²) in [6.45, 7) is 1.27. The maximum absolute atomic E-state index is 11.4. The fourth-order valence-corrected chi connectivity index (χ4v) is 1.17. The Balaban J connectivity index is 2.40. The van der Waals surface area contributed by atoms with Crippen molar-refractivity contribution in [3.63, 3.8) is 0 Å². The first-order valence-electron chi connectivity index (χ1n) is 4.48. The molecule has 2 N–H and O–H groups in total. The fourth-order valence-electron chi connectivity index (χ4n) is 1.17. The first-order chi connectivity index (χ1) is 6.65. The molecule has 14 heavy (non-hydrogen) atoms. The number of carbonyl (C=O) groups is 1. The molecule has 0 spiro atoms. The number of ether oxygens (including phenoxy) is 1. The zero-order valence-corrected chi connectivity index (χ0v) is 8.06. The van der Waals surface area contributed by atoms with Gasteiger partial charge in [0.2, 0.25) is 0 Å². The van der Waals surface area contributed by atoms with Crippen molar-refractivity contribution < 1.29 is 19.7 Å². The van der Waals surface area contributed by atoms with Crippen molar-refractivity contribution in [1.29, 1.82) is 0 Å². The normalized spacial score (nSPS) is 17.4. The summed E-state index contributed by atoms with van der Waals surface area (Å²) in [6.07, 6.45) is 3.46. The number of carbonyl (C=O) groups excluding carboxylic acids is 1. The van der Waals surface area contributed by atoms with Gasteiger partial charge >= 0.3 is 5.97 Å². The molecule has 0 amide bonds. The quantitative estimate of drug-likeness (QED) is 0.631. The number of hydrogen-bond donors (Lipinski definition) is 2. The van der Waals surface area contributed by atoms with Crippen molar-refractivity contribution in [3.05, 3.63) is 23.3 Å². The smallest absolute Gasteiger partial charge is 0.338 e. The molecule has 0 aromatic rings. The highest BCUT2D eigenvalue weighted by molar-refractivity contribution is 5.94. The summed E-state index contributed by atoms with van der Waals surface area (Å²) >= 11 is 0. The Morgan fingerprint density at radius 2 is 2.36 bits per heavy atom. The van der Waals surface area contributed by atoms with E-state index >= 15 is 0 Å². The lowest BCUT2D eigenvalue weighted by Crippen LogP contribution is -2.22. The maximum Gasteiger partial charge on any atom is 0.338 e. The lowest BCUT2D eigenvalue weighted by atomic mass is 10.2. The largest absolute Gasteiger partial charge is 0.459 e. The molecule has 0 fully saturated rings. The number of aliphatic hydroxyl groups excluding tert-OH is 2. The van der Waals surface area contributed by atoms with Crippen LogP contribution in [0.3, 0.4) is 0 Å². The molecule has 0 saturated carbocycles. The van der Waals surface area contributed by atoms with Gasteiger partial charge in [-0.3, -0.25) is 0 Å². The zero-order valence-electron chi connectivity index (χ0n) is 8.06. The number of esters is 1. The number of rotatable bonds is 4. The molecule has 1 rings (SSSR count). The highest BCUT2D eigenvalue weighted by Gasteiger charge is 2.16. The maximum atomic E-state index is 11.4. The summed E-state index contributed by atoms with van der Waals surface area (Å²) in [5.74, 6) is -0.441. The van der Waals surface area contributed by atoms with Gasteiger partial charge in [-0.2, -0.15) is 0 Å². The SMILES string of the molecule is CC1=CCC=C1C(=O)OCC(O)CO. The molecule has 1 aliphatic carbocycles. The Bertz CT molecular complexity index is 278. The Hall–Kier alpha value is -1.13. The van der Waals surface area contributed by atoms with Gasteiger partial charge in [-0.1, -0.05) is 12.2 Å². The third-order valence-corrected chi connectivity index (χ3v) is 2.01. The predicted octanol–water partition coefficient (Wildman–Crippen LogP) is 0.159. The molecule has 78 valence electrons. The second-order valence-electron chi connectivity index (χ2n) is 3.18. The van der Waals surface area contributed by atoms with Crippen LogP contribution in [0, 0.1) is 0 Å². The van der Waals surface area contributed by atoms with Crippen LogP contribution in [0.2, 0.25) is 0 Å². The minimum absolute atomic E-state index is 0.167. The van der Waals surface area contributed by atoms with Gasteiger partial charge < -0.3 is 14.9 Å². The molecule has 1 atom stereocenters. The van der Waals surface area contributed by atoms with Gasteiger partial charge in [-0.05, 0) is 18.9 Å². The molecule has 0 aliphatic heterocycles. The third kappa shape index (κ3) is 2.68.